The fourth-order valence-corrected chi connectivity index (χ4v) is 2.65. The first-order chi connectivity index (χ1) is 8.42. The van der Waals surface area contributed by atoms with Crippen molar-refractivity contribution in [2.45, 2.75) is 65.5 Å². The molecule has 1 aromatic heterocycles. The number of nitrogens with one attached hydrogen (secondary N) is 1. The van der Waals surface area contributed by atoms with Gasteiger partial charge >= 0.3 is 0 Å². The van der Waals surface area contributed by atoms with E-state index in [-0.39, 0.29) is 5.54 Å². The Morgan fingerprint density at radius 3 is 2.56 bits per heavy atom. The van der Waals surface area contributed by atoms with Crippen LogP contribution in [0.5, 0.6) is 0 Å². The summed E-state index contributed by atoms with van der Waals surface area (Å²) in [5, 5.41) is 8.06. The van der Waals surface area contributed by atoms with Crippen molar-refractivity contribution in [3.8, 4) is 0 Å². The highest BCUT2D eigenvalue weighted by atomic mass is 15.3. The summed E-state index contributed by atoms with van der Waals surface area (Å²) in [6.45, 7) is 11.0. The van der Waals surface area contributed by atoms with E-state index in [1.54, 1.807) is 0 Å². The summed E-state index contributed by atoms with van der Waals surface area (Å²) in [6, 6.07) is 0. The zero-order valence-corrected chi connectivity index (χ0v) is 12.3. The van der Waals surface area contributed by atoms with E-state index in [1.807, 2.05) is 10.9 Å². The minimum Gasteiger partial charge on any atom is -0.312 e. The van der Waals surface area contributed by atoms with Crippen molar-refractivity contribution in [2.24, 2.45) is 5.41 Å². The third-order valence-electron chi connectivity index (χ3n) is 4.00. The van der Waals surface area contributed by atoms with Crippen LogP contribution in [0.25, 0.3) is 0 Å². The summed E-state index contributed by atoms with van der Waals surface area (Å²) in [5.74, 6) is 0. The molecule has 0 unspecified atom stereocenters. The van der Waals surface area contributed by atoms with Crippen LogP contribution in [0.1, 0.15) is 52.5 Å². The average molecular weight is 249 g/mol. The second-order valence-electron chi connectivity index (χ2n) is 6.84. The molecule has 0 aromatic carbocycles. The third kappa shape index (κ3) is 3.35. The van der Waals surface area contributed by atoms with Crippen LogP contribution in [-0.2, 0) is 13.0 Å². The molecule has 0 aliphatic heterocycles. The highest BCUT2D eigenvalue weighted by Crippen LogP contribution is 2.43. The molecule has 2 rings (SSSR count). The van der Waals surface area contributed by atoms with Crippen molar-refractivity contribution in [3.05, 3.63) is 18.0 Å². The topological polar surface area (TPSA) is 29.9 Å². The van der Waals surface area contributed by atoms with Crippen LogP contribution in [0, 0.1) is 5.41 Å². The predicted octanol–water partition coefficient (Wildman–Crippen LogP) is 3.00. The quantitative estimate of drug-likeness (QED) is 0.869. The number of hydrogen-bond donors (Lipinski definition) is 1. The van der Waals surface area contributed by atoms with E-state index < -0.39 is 0 Å². The van der Waals surface area contributed by atoms with Gasteiger partial charge in [0.1, 0.15) is 0 Å². The first-order valence-corrected chi connectivity index (χ1v) is 7.19. The molecule has 18 heavy (non-hydrogen) atoms. The van der Waals surface area contributed by atoms with Crippen molar-refractivity contribution in [1.82, 2.24) is 15.1 Å². The highest BCUT2D eigenvalue weighted by Gasteiger charge is 2.37. The Bertz CT molecular complexity index is 383. The molecule has 1 heterocycles. The Morgan fingerprint density at radius 2 is 2.11 bits per heavy atom. The molecule has 0 spiro atoms. The van der Waals surface area contributed by atoms with Crippen LogP contribution in [-0.4, -0.2) is 21.9 Å². The maximum atomic E-state index is 4.38. The summed E-state index contributed by atoms with van der Waals surface area (Å²) in [6.07, 6.45) is 9.52. The maximum Gasteiger partial charge on any atom is 0.0521 e. The lowest BCUT2D eigenvalue weighted by molar-refractivity contribution is 0.118. The molecule has 1 aromatic rings. The third-order valence-corrected chi connectivity index (χ3v) is 4.00. The zero-order valence-electron chi connectivity index (χ0n) is 12.3. The molecular formula is C15H27N3. The molecule has 0 amide bonds. The normalized spacial score (nSPS) is 18.7. The molecule has 3 nitrogen and oxygen atoms in total. The standard InChI is InChI=1S/C15H27N3/c1-5-18-11-13(10-17-18)9-15(7-6-8-15)12-16-14(2,3)4/h10-11,16H,5-9,12H2,1-4H3. The van der Waals surface area contributed by atoms with Crippen molar-refractivity contribution >= 4 is 0 Å². The van der Waals surface area contributed by atoms with Crippen LogP contribution in [0.3, 0.4) is 0 Å². The summed E-state index contributed by atoms with van der Waals surface area (Å²) in [4.78, 5) is 0. The average Bonchev–Trinajstić information content (AvgIpc) is 2.68. The lowest BCUT2D eigenvalue weighted by Gasteiger charge is -2.44. The first kappa shape index (κ1) is 13.6. The number of aromatic nitrogens is 2. The smallest absolute Gasteiger partial charge is 0.0521 e. The molecule has 0 saturated heterocycles. The summed E-state index contributed by atoms with van der Waals surface area (Å²) < 4.78 is 2.03. The van der Waals surface area contributed by atoms with Gasteiger partial charge in [-0.3, -0.25) is 4.68 Å². The second kappa shape index (κ2) is 5.04. The van der Waals surface area contributed by atoms with E-state index in [0.717, 1.165) is 13.1 Å². The number of aryl methyl sites for hydroxylation is 1. The monoisotopic (exact) mass is 249 g/mol. The van der Waals surface area contributed by atoms with Crippen molar-refractivity contribution in [1.29, 1.82) is 0 Å². The molecule has 3 heteroatoms. The van der Waals surface area contributed by atoms with E-state index in [9.17, 15) is 0 Å². The first-order valence-electron chi connectivity index (χ1n) is 7.19. The van der Waals surface area contributed by atoms with Crippen LogP contribution in [0.4, 0.5) is 0 Å². The van der Waals surface area contributed by atoms with Crippen molar-refractivity contribution in [3.63, 3.8) is 0 Å². The van der Waals surface area contributed by atoms with Gasteiger partial charge in [0.15, 0.2) is 0 Å². The van der Waals surface area contributed by atoms with Gasteiger partial charge in [0.25, 0.3) is 0 Å². The summed E-state index contributed by atoms with van der Waals surface area (Å²) in [5.41, 5.74) is 2.10. The highest BCUT2D eigenvalue weighted by molar-refractivity contribution is 5.10. The second-order valence-corrected chi connectivity index (χ2v) is 6.84. The SMILES string of the molecule is CCn1cc(CC2(CNC(C)(C)C)CCC2)cn1. The van der Waals surface area contributed by atoms with Gasteiger partial charge in [-0.05, 0) is 57.9 Å². The molecule has 1 aliphatic carbocycles. The fraction of sp³-hybridized carbons (Fsp3) is 0.800. The van der Waals surface area contributed by atoms with Crippen LogP contribution in [0.15, 0.2) is 12.4 Å². The predicted molar refractivity (Wildman–Crippen MR) is 75.6 cm³/mol. The van der Waals surface area contributed by atoms with Crippen LogP contribution >= 0.6 is 0 Å². The molecule has 1 fully saturated rings. The molecule has 102 valence electrons. The van der Waals surface area contributed by atoms with Gasteiger partial charge < -0.3 is 5.32 Å². The maximum absolute atomic E-state index is 4.38. The van der Waals surface area contributed by atoms with E-state index >= 15 is 0 Å². The van der Waals surface area contributed by atoms with Gasteiger partial charge in [-0.1, -0.05) is 6.42 Å². The fourth-order valence-electron chi connectivity index (χ4n) is 2.65. The Balaban J connectivity index is 1.95. The molecule has 0 bridgehead atoms. The molecule has 1 N–H and O–H groups in total. The number of nitrogens with zero attached hydrogens (tertiary/aromatic N) is 2. The summed E-state index contributed by atoms with van der Waals surface area (Å²) in [7, 11) is 0. The van der Waals surface area contributed by atoms with Crippen LogP contribution in [0.2, 0.25) is 0 Å². The van der Waals surface area contributed by atoms with Crippen molar-refractivity contribution < 1.29 is 0 Å². The van der Waals surface area contributed by atoms with Gasteiger partial charge in [-0.2, -0.15) is 5.10 Å². The van der Waals surface area contributed by atoms with Crippen LogP contribution < -0.4 is 5.32 Å². The Kier molecular flexibility index (Phi) is 3.81. The van der Waals surface area contributed by atoms with Gasteiger partial charge in [0.05, 0.1) is 6.20 Å². The van der Waals surface area contributed by atoms with E-state index in [0.29, 0.717) is 5.41 Å². The number of hydrogen-bond acceptors (Lipinski definition) is 2. The Hall–Kier alpha value is -0.830. The minimum absolute atomic E-state index is 0.218. The number of rotatable bonds is 5. The van der Waals surface area contributed by atoms with E-state index in [1.165, 1.54) is 31.2 Å². The van der Waals surface area contributed by atoms with Gasteiger partial charge in [-0.25, -0.2) is 0 Å². The minimum atomic E-state index is 0.218. The van der Waals surface area contributed by atoms with Crippen molar-refractivity contribution in [2.75, 3.05) is 6.54 Å². The van der Waals surface area contributed by atoms with Gasteiger partial charge in [0, 0.05) is 24.8 Å². The lowest BCUT2D eigenvalue weighted by atomic mass is 9.65. The molecule has 1 aliphatic rings. The molecule has 1 saturated carbocycles. The molecule has 0 radical (unpaired) electrons. The van der Waals surface area contributed by atoms with E-state index in [2.05, 4.69) is 44.3 Å². The Morgan fingerprint density at radius 1 is 1.39 bits per heavy atom. The summed E-state index contributed by atoms with van der Waals surface area (Å²) >= 11 is 0. The Labute approximate surface area is 111 Å². The van der Waals surface area contributed by atoms with Gasteiger partial charge in [-0.15, -0.1) is 0 Å². The van der Waals surface area contributed by atoms with E-state index in [4.69, 9.17) is 0 Å². The lowest BCUT2D eigenvalue weighted by Crippen LogP contribution is -2.47. The van der Waals surface area contributed by atoms with Gasteiger partial charge in [0.2, 0.25) is 0 Å². The molecule has 0 atom stereocenters. The molecular weight excluding hydrogens is 222 g/mol. The zero-order chi connectivity index (χ0) is 13.2. The largest absolute Gasteiger partial charge is 0.312 e.